The van der Waals surface area contributed by atoms with Gasteiger partial charge in [0.2, 0.25) is 7.37 Å². The molecule has 2 rings (SSSR count). The van der Waals surface area contributed by atoms with E-state index in [9.17, 15) is 19.4 Å². The topological polar surface area (TPSA) is 74.6 Å². The monoisotopic (exact) mass is 346 g/mol. The molecule has 24 heavy (non-hydrogen) atoms. The van der Waals surface area contributed by atoms with Crippen LogP contribution in [-0.2, 0) is 15.5 Å². The first kappa shape index (κ1) is 18.4. The number of carbonyl (C=O) groups is 1. The Morgan fingerprint density at radius 2 is 1.58 bits per heavy atom. The molecule has 0 heterocycles. The van der Waals surface area contributed by atoms with E-state index in [0.29, 0.717) is 6.42 Å². The predicted molar refractivity (Wildman–Crippen MR) is 95.4 cm³/mol. The van der Waals surface area contributed by atoms with Crippen LogP contribution in [0.5, 0.6) is 0 Å². The lowest BCUT2D eigenvalue weighted by Crippen LogP contribution is -2.20. The minimum Gasteiger partial charge on any atom is -0.481 e. The Bertz CT molecular complexity index is 700. The zero-order chi connectivity index (χ0) is 17.6. The average molecular weight is 346 g/mol. The van der Waals surface area contributed by atoms with E-state index >= 15 is 0 Å². The van der Waals surface area contributed by atoms with Crippen LogP contribution in [0, 0.1) is 5.92 Å². The number of hydrogen-bond donors (Lipinski definition) is 2. The minimum atomic E-state index is -3.55. The summed E-state index contributed by atoms with van der Waals surface area (Å²) in [6.45, 7) is 1.95. The fourth-order valence-electron chi connectivity index (χ4n) is 2.88. The van der Waals surface area contributed by atoms with Crippen LogP contribution < -0.4 is 0 Å². The number of rotatable bonds is 8. The van der Waals surface area contributed by atoms with Gasteiger partial charge in [-0.15, -0.1) is 0 Å². The Hall–Kier alpha value is -1.90. The molecule has 2 aromatic carbocycles. The van der Waals surface area contributed by atoms with E-state index < -0.39 is 19.3 Å². The summed E-state index contributed by atoms with van der Waals surface area (Å²) in [6.07, 6.45) is 0.157. The summed E-state index contributed by atoms with van der Waals surface area (Å²) in [7, 11) is -3.55. The molecule has 0 saturated carbocycles. The van der Waals surface area contributed by atoms with Gasteiger partial charge in [-0.2, -0.15) is 0 Å². The van der Waals surface area contributed by atoms with Crippen molar-refractivity contribution < 1.29 is 19.4 Å². The molecular weight excluding hydrogens is 323 g/mol. The number of hydrogen-bond acceptors (Lipinski definition) is 2. The lowest BCUT2D eigenvalue weighted by Gasteiger charge is -2.21. The van der Waals surface area contributed by atoms with Crippen molar-refractivity contribution in [3.8, 4) is 0 Å². The Labute approximate surface area is 142 Å². The van der Waals surface area contributed by atoms with Crippen LogP contribution in [0.3, 0.4) is 0 Å². The molecule has 128 valence electrons. The molecule has 3 unspecified atom stereocenters. The van der Waals surface area contributed by atoms with Crippen molar-refractivity contribution in [2.75, 3.05) is 6.16 Å². The summed E-state index contributed by atoms with van der Waals surface area (Å²) in [5, 5.41) is 9.47. The molecule has 4 nitrogen and oxygen atoms in total. The fourth-order valence-corrected chi connectivity index (χ4v) is 4.78. The number of carboxylic acid groups (broad SMARTS) is 1. The van der Waals surface area contributed by atoms with Gasteiger partial charge < -0.3 is 10.00 Å². The van der Waals surface area contributed by atoms with Gasteiger partial charge in [0.05, 0.1) is 5.92 Å². The maximum absolute atomic E-state index is 12.5. The summed E-state index contributed by atoms with van der Waals surface area (Å²) in [6, 6.07) is 18.7. The van der Waals surface area contributed by atoms with Gasteiger partial charge in [-0.25, -0.2) is 0 Å². The van der Waals surface area contributed by atoms with E-state index in [1.807, 2.05) is 55.5 Å². The second-order valence-electron chi connectivity index (χ2n) is 6.26. The first-order valence-electron chi connectivity index (χ1n) is 8.00. The van der Waals surface area contributed by atoms with Crippen molar-refractivity contribution in [2.24, 2.45) is 5.92 Å². The summed E-state index contributed by atoms with van der Waals surface area (Å²) < 4.78 is 12.5. The molecule has 2 aromatic rings. The van der Waals surface area contributed by atoms with E-state index in [4.69, 9.17) is 0 Å². The second kappa shape index (κ2) is 8.27. The molecule has 2 N–H and O–H groups in total. The highest BCUT2D eigenvalue weighted by atomic mass is 31.2. The maximum Gasteiger partial charge on any atom is 0.307 e. The highest BCUT2D eigenvalue weighted by Gasteiger charge is 2.30. The van der Waals surface area contributed by atoms with E-state index in [1.54, 1.807) is 12.1 Å². The largest absolute Gasteiger partial charge is 0.481 e. The lowest BCUT2D eigenvalue weighted by molar-refractivity contribution is -0.141. The second-order valence-corrected chi connectivity index (χ2v) is 8.63. The van der Waals surface area contributed by atoms with Crippen molar-refractivity contribution in [1.82, 2.24) is 0 Å². The normalized spacial score (nSPS) is 16.1. The smallest absolute Gasteiger partial charge is 0.307 e. The average Bonchev–Trinajstić information content (AvgIpc) is 2.55. The molecular formula is C19H23O4P. The third-order valence-corrected chi connectivity index (χ3v) is 6.00. The summed E-state index contributed by atoms with van der Waals surface area (Å²) >= 11 is 0. The molecule has 0 aliphatic carbocycles. The number of aliphatic carboxylic acids is 1. The van der Waals surface area contributed by atoms with Crippen LogP contribution >= 0.6 is 7.37 Å². The van der Waals surface area contributed by atoms with Gasteiger partial charge in [0.15, 0.2) is 0 Å². The van der Waals surface area contributed by atoms with Gasteiger partial charge in [0.25, 0.3) is 0 Å². The predicted octanol–water partition coefficient (Wildman–Crippen LogP) is 4.35. The molecule has 0 fully saturated rings. The van der Waals surface area contributed by atoms with Crippen LogP contribution in [0.2, 0.25) is 0 Å². The molecule has 0 bridgehead atoms. The summed E-state index contributed by atoms with van der Waals surface area (Å²) in [4.78, 5) is 21.8. The van der Waals surface area contributed by atoms with Crippen LogP contribution in [-0.4, -0.2) is 22.1 Å². The van der Waals surface area contributed by atoms with Crippen molar-refractivity contribution in [3.63, 3.8) is 0 Å². The van der Waals surface area contributed by atoms with Gasteiger partial charge in [-0.3, -0.25) is 9.36 Å². The van der Waals surface area contributed by atoms with Gasteiger partial charge in [0, 0.05) is 12.3 Å². The first-order valence-corrected chi connectivity index (χ1v) is 10.0. The quantitative estimate of drug-likeness (QED) is 0.697. The maximum atomic E-state index is 12.5. The Morgan fingerprint density at radius 3 is 2.12 bits per heavy atom. The van der Waals surface area contributed by atoms with Crippen molar-refractivity contribution >= 4 is 13.3 Å². The van der Waals surface area contributed by atoms with Gasteiger partial charge in [0.1, 0.15) is 0 Å². The molecule has 0 spiro atoms. The Kier molecular flexibility index (Phi) is 6.36. The SMILES string of the molecule is CC(CC(CP(=O)(O)Cc1ccccc1)C(=O)O)c1ccccc1. The molecule has 0 aliphatic heterocycles. The van der Waals surface area contributed by atoms with Crippen LogP contribution in [0.4, 0.5) is 0 Å². The zero-order valence-electron chi connectivity index (χ0n) is 13.7. The molecule has 0 amide bonds. The highest BCUT2D eigenvalue weighted by molar-refractivity contribution is 7.57. The highest BCUT2D eigenvalue weighted by Crippen LogP contribution is 2.47. The van der Waals surface area contributed by atoms with Gasteiger partial charge in [-0.1, -0.05) is 67.6 Å². The molecule has 3 atom stereocenters. The third kappa shape index (κ3) is 5.63. The molecule has 0 radical (unpaired) electrons. The van der Waals surface area contributed by atoms with Crippen LogP contribution in [0.25, 0.3) is 0 Å². The fraction of sp³-hybridized carbons (Fsp3) is 0.316. The van der Waals surface area contributed by atoms with Crippen LogP contribution in [0.15, 0.2) is 60.7 Å². The minimum absolute atomic E-state index is 0.0112. The van der Waals surface area contributed by atoms with Crippen molar-refractivity contribution in [3.05, 3.63) is 71.8 Å². The molecule has 0 aliphatic rings. The summed E-state index contributed by atoms with van der Waals surface area (Å²) in [5.41, 5.74) is 1.79. The number of benzene rings is 2. The van der Waals surface area contributed by atoms with E-state index in [-0.39, 0.29) is 18.2 Å². The Balaban J connectivity index is 2.05. The van der Waals surface area contributed by atoms with Crippen LogP contribution in [0.1, 0.15) is 30.4 Å². The summed E-state index contributed by atoms with van der Waals surface area (Å²) in [5.74, 6) is -1.83. The molecule has 0 aromatic heterocycles. The molecule has 5 heteroatoms. The zero-order valence-corrected chi connectivity index (χ0v) is 14.6. The lowest BCUT2D eigenvalue weighted by atomic mass is 9.91. The number of carboxylic acids is 1. The van der Waals surface area contributed by atoms with E-state index in [1.165, 1.54) is 0 Å². The standard InChI is InChI=1S/C19H23O4P/c1-15(17-10-6-3-7-11-17)12-18(19(20)21)14-24(22,23)13-16-8-4-2-5-9-16/h2-11,15,18H,12-14H2,1H3,(H,20,21)(H,22,23). The van der Waals surface area contributed by atoms with E-state index in [0.717, 1.165) is 11.1 Å². The van der Waals surface area contributed by atoms with Crippen molar-refractivity contribution in [2.45, 2.75) is 25.4 Å². The first-order chi connectivity index (χ1) is 11.4. The van der Waals surface area contributed by atoms with E-state index in [2.05, 4.69) is 0 Å². The third-order valence-electron chi connectivity index (χ3n) is 4.13. The van der Waals surface area contributed by atoms with Gasteiger partial charge in [-0.05, 0) is 23.5 Å². The van der Waals surface area contributed by atoms with Gasteiger partial charge >= 0.3 is 5.97 Å². The van der Waals surface area contributed by atoms with Crippen molar-refractivity contribution in [1.29, 1.82) is 0 Å². The molecule has 0 saturated heterocycles. The Morgan fingerprint density at radius 1 is 1.04 bits per heavy atom.